The number of hydrogen-bond acceptors (Lipinski definition) is 36. The Morgan fingerprint density at radius 2 is 0.716 bits per heavy atom. The van der Waals surface area contributed by atoms with Crippen LogP contribution in [-0.4, -0.2) is 204 Å². The molecule has 36 nitrogen and oxygen atoms in total. The molecule has 141 heavy (non-hydrogen) atoms. The van der Waals surface area contributed by atoms with Crippen LogP contribution in [-0.2, 0) is 34.5 Å². The topological polar surface area (TPSA) is 447 Å². The van der Waals surface area contributed by atoms with E-state index in [-0.39, 0.29) is 17.5 Å². The molecule has 2 bridgehead atoms. The number of anilines is 15. The molecule has 2 saturated heterocycles. The summed E-state index contributed by atoms with van der Waals surface area (Å²) in [5.74, 6) is 18.4. The number of pyridine rings is 5. The van der Waals surface area contributed by atoms with Crippen LogP contribution in [0.3, 0.4) is 0 Å². The van der Waals surface area contributed by atoms with E-state index in [1.807, 2.05) is 25.2 Å². The van der Waals surface area contributed by atoms with Crippen molar-refractivity contribution in [1.29, 1.82) is 0 Å². The van der Waals surface area contributed by atoms with E-state index in [1.54, 1.807) is 56.2 Å². The second-order valence-corrected chi connectivity index (χ2v) is 37.8. The average Bonchev–Trinajstić information content (AvgIpc) is 1.55. The summed E-state index contributed by atoms with van der Waals surface area (Å²) in [7, 11) is 6.53. The van der Waals surface area contributed by atoms with Crippen molar-refractivity contribution in [2.75, 3.05) is 121 Å². The van der Waals surface area contributed by atoms with Gasteiger partial charge < -0.3 is 76.6 Å². The van der Waals surface area contributed by atoms with Crippen LogP contribution in [0.5, 0.6) is 0 Å². The van der Waals surface area contributed by atoms with Gasteiger partial charge in [-0.15, -0.1) is 32.1 Å². The van der Waals surface area contributed by atoms with Crippen LogP contribution >= 0.6 is 0 Å². The third-order valence-corrected chi connectivity index (χ3v) is 27.4. The maximum absolute atomic E-state index is 12.2. The maximum Gasteiger partial charge on any atom is 0.341 e. The molecule has 10 aromatic rings. The zero-order valence-corrected chi connectivity index (χ0v) is 82.0. The SMILES string of the molecule is C#Cc1cnc(Nc2cc(N(C)CC3CCCCC3)c(C(=O)OC)cn2)cn1.C#Cc1cnc(Nc2cc(NC(C)C3CCCCC3)c(C(=O)OC)cn2)cn1.C#Cc1cnc(Nc2cc(NC3C[C@H]4CC[C@@H](C3)N4C)c(C(=O)OC)cn2)cn1.C#Cc1cnc(Nc2cc(NCC3CCCCC3)c(C(=O)OC)cn2)cn1.C#Cc1cnc(Nc2cc(NCC3CCCCC3)c(CS(=O)(=O)CC)cn2)cn1. The van der Waals surface area contributed by atoms with Crippen molar-refractivity contribution in [2.45, 2.75) is 198 Å². The fraction of sp³-hybridized carbons (Fsp3) is 0.433. The van der Waals surface area contributed by atoms with Crippen LogP contribution in [0, 0.1) is 85.4 Å². The summed E-state index contributed by atoms with van der Waals surface area (Å²) in [4.78, 5) is 117. The number of fused-ring (bicyclic) bond motifs is 2. The van der Waals surface area contributed by atoms with Crippen LogP contribution < -0.4 is 52.8 Å². The van der Waals surface area contributed by atoms with Crippen LogP contribution in [0.1, 0.15) is 243 Å². The molecule has 6 aliphatic rings. The minimum absolute atomic E-state index is 0.0273. The second-order valence-electron chi connectivity index (χ2n) is 35.4. The lowest BCUT2D eigenvalue weighted by atomic mass is 9.84. The first-order valence-electron chi connectivity index (χ1n) is 47.7. The third kappa shape index (κ3) is 31.4. The molecular weight excluding hydrogens is 1810 g/mol. The van der Waals surface area contributed by atoms with Crippen LogP contribution in [0.15, 0.2) is 123 Å². The Morgan fingerprint density at radius 3 is 1.09 bits per heavy atom. The van der Waals surface area contributed by atoms with E-state index in [1.165, 1.54) is 225 Å². The number of hydrogen-bond donors (Lipinski definition) is 9. The second kappa shape index (κ2) is 53.1. The molecule has 0 radical (unpaired) electrons. The molecule has 0 spiro atoms. The summed E-state index contributed by atoms with van der Waals surface area (Å²) in [6.45, 7) is 6.37. The van der Waals surface area contributed by atoms with Crippen molar-refractivity contribution >= 4 is 120 Å². The summed E-state index contributed by atoms with van der Waals surface area (Å²) in [6, 6.07) is 10.8. The van der Waals surface area contributed by atoms with Gasteiger partial charge in [-0.05, 0) is 144 Å². The zero-order chi connectivity index (χ0) is 100.0. The molecule has 4 saturated carbocycles. The number of aromatic nitrogens is 15. The first-order chi connectivity index (χ1) is 68.4. The Kier molecular flexibility index (Phi) is 39.4. The van der Waals surface area contributed by atoms with Crippen LogP contribution in [0.25, 0.3) is 0 Å². The molecule has 4 atom stereocenters. The van der Waals surface area contributed by atoms with E-state index in [0.717, 1.165) is 43.9 Å². The monoisotopic (exact) mass is 1930 g/mol. The highest BCUT2D eigenvalue weighted by atomic mass is 32.2. The minimum atomic E-state index is -3.16. The average molecular weight is 1930 g/mol. The third-order valence-electron chi connectivity index (χ3n) is 25.8. The number of nitrogens with one attached hydrogen (secondary N) is 9. The normalized spacial score (nSPS) is 16.4. The molecule has 12 heterocycles. The number of esters is 4. The van der Waals surface area contributed by atoms with Gasteiger partial charge in [-0.2, -0.15) is 0 Å². The van der Waals surface area contributed by atoms with Crippen molar-refractivity contribution in [3.8, 4) is 61.7 Å². The molecule has 2 unspecified atom stereocenters. The van der Waals surface area contributed by atoms with Gasteiger partial charge in [0.25, 0.3) is 0 Å². The molecule has 0 amide bonds. The Hall–Kier alpha value is -15.3. The molecular formula is C104H124N26O10S. The number of sulfone groups is 1. The van der Waals surface area contributed by atoms with Gasteiger partial charge in [-0.25, -0.2) is 102 Å². The maximum atomic E-state index is 12.2. The van der Waals surface area contributed by atoms with Crippen molar-refractivity contribution in [3.63, 3.8) is 0 Å². The summed E-state index contributed by atoms with van der Waals surface area (Å²) < 4.78 is 44.0. The number of piperidine rings is 1. The minimum Gasteiger partial charge on any atom is -0.465 e. The predicted octanol–water partition coefficient (Wildman–Crippen LogP) is 16.5. The summed E-state index contributed by atoms with van der Waals surface area (Å²) >= 11 is 0. The van der Waals surface area contributed by atoms with Crippen molar-refractivity contribution in [2.24, 2.45) is 23.7 Å². The van der Waals surface area contributed by atoms with Crippen molar-refractivity contribution in [3.05, 3.63) is 180 Å². The smallest absolute Gasteiger partial charge is 0.341 e. The van der Waals surface area contributed by atoms with E-state index in [9.17, 15) is 27.6 Å². The lowest BCUT2D eigenvalue weighted by Crippen LogP contribution is -2.44. The molecule has 736 valence electrons. The summed E-state index contributed by atoms with van der Waals surface area (Å²) in [5, 5.41) is 29.4. The Balaban J connectivity index is 0.000000158. The Morgan fingerprint density at radius 1 is 0.397 bits per heavy atom. The van der Waals surface area contributed by atoms with E-state index in [4.69, 9.17) is 51.1 Å². The van der Waals surface area contributed by atoms with Crippen molar-refractivity contribution < 1.29 is 46.5 Å². The lowest BCUT2D eigenvalue weighted by Gasteiger charge is -2.37. The number of terminal acetylenes is 5. The number of nitrogens with zero attached hydrogens (tertiary/aromatic N) is 17. The standard InChI is InChI=1S/C21H24N6O2.C21H27N5O2S.2C21H25N5O2.C20H23N5O2/c1-4-13-10-23-20(12-22-13)26-19-9-18(17(11-24-19)21(28)29-3)25-14-7-15-5-6-16(8-14)27(15)2;1-3-18-13-25-21(14-22-18)26-20-10-19(23-11-16-8-6-5-7-9-16)17(12-24-20)15-29(27,28)4-2;1-4-16-11-23-20(13-22-16)25-19-10-18(17(12-24-19)21(27)28-3)26(2)14-15-8-6-5-7-9-15;1-4-16-11-23-20(13-22-16)26-19-10-18(17(12-24-19)21(27)28-3)25-14(2)15-8-6-5-7-9-15;1-3-15-11-23-19(13-21-15)25-18-9-17(16(12-24-18)20(26)27-2)22-10-14-7-5-4-6-8-14/h1,9-12,14-16H,5-8H2,2-3H3,(H2,23,24,25,26);1,10,12-14,16H,4-9,11,15H2,2H3,(H2,23,24,25,26);1,10-13,15H,5-9,14H2,2-3H3,(H,23,24,25);1,10-15H,5-9H2,2-3H3,(H2,23,24,25,26);1,9,11-14H,4-8,10H2,2H3,(H2,22,23,24,25)/t14?,15-,16+;;;;. The molecule has 37 heteroatoms. The first-order valence-corrected chi connectivity index (χ1v) is 49.5. The van der Waals surface area contributed by atoms with E-state index >= 15 is 0 Å². The number of methoxy groups -OCH3 is 4. The highest BCUT2D eigenvalue weighted by Gasteiger charge is 2.39. The van der Waals surface area contributed by atoms with Gasteiger partial charge in [0, 0.05) is 129 Å². The quantitative estimate of drug-likeness (QED) is 0.0111. The number of rotatable bonds is 31. The molecule has 9 N–H and O–H groups in total. The van der Waals surface area contributed by atoms with E-state index in [0.29, 0.717) is 173 Å². The molecule has 6 fully saturated rings. The molecule has 4 aliphatic carbocycles. The highest BCUT2D eigenvalue weighted by molar-refractivity contribution is 7.90. The zero-order valence-electron chi connectivity index (χ0n) is 81.2. The fourth-order valence-corrected chi connectivity index (χ4v) is 18.8. The Labute approximate surface area is 825 Å². The first kappa shape index (κ1) is 105. The van der Waals surface area contributed by atoms with Gasteiger partial charge in [0.2, 0.25) is 0 Å². The molecule has 2 aliphatic heterocycles. The number of carbonyl (C=O) groups is 4. The van der Waals surface area contributed by atoms with Crippen LogP contribution in [0.2, 0.25) is 0 Å². The highest BCUT2D eigenvalue weighted by Crippen LogP contribution is 2.39. The number of ether oxygens (including phenoxy) is 4. The van der Waals surface area contributed by atoms with Gasteiger partial charge in [-0.3, -0.25) is 0 Å². The molecule has 16 rings (SSSR count). The van der Waals surface area contributed by atoms with E-state index < -0.39 is 33.7 Å². The van der Waals surface area contributed by atoms with Gasteiger partial charge >= 0.3 is 23.9 Å². The number of carbonyl (C=O) groups excluding carboxylic acids is 4. The summed E-state index contributed by atoms with van der Waals surface area (Å²) in [6.07, 6.45) is 79.1. The van der Waals surface area contributed by atoms with Crippen molar-refractivity contribution in [1.82, 2.24) is 79.7 Å². The van der Waals surface area contributed by atoms with Gasteiger partial charge in [0.1, 0.15) is 109 Å². The lowest BCUT2D eigenvalue weighted by molar-refractivity contribution is 0.0592. The Bertz CT molecular complexity index is 6150. The van der Waals surface area contributed by atoms with Crippen LogP contribution in [0.4, 0.5) is 86.6 Å². The predicted molar refractivity (Wildman–Crippen MR) is 547 cm³/mol. The summed E-state index contributed by atoms with van der Waals surface area (Å²) in [5.41, 5.74) is 8.33. The molecule has 10 aromatic heterocycles. The largest absolute Gasteiger partial charge is 0.465 e. The van der Waals surface area contributed by atoms with Gasteiger partial charge in [0.05, 0.1) is 119 Å². The van der Waals surface area contributed by atoms with Gasteiger partial charge in [-0.1, -0.05) is 84.0 Å². The van der Waals surface area contributed by atoms with E-state index in [2.05, 4.69) is 176 Å². The van der Waals surface area contributed by atoms with Gasteiger partial charge in [0.15, 0.2) is 9.84 Å². The fourth-order valence-electron chi connectivity index (χ4n) is 17.9. The molecule has 0 aromatic carbocycles.